The fourth-order valence-electron chi connectivity index (χ4n) is 1.77. The molecule has 0 N–H and O–H groups in total. The maximum atomic E-state index is 13.7. The second-order valence-corrected chi connectivity index (χ2v) is 7.30. The van der Waals surface area contributed by atoms with Gasteiger partial charge in [0.15, 0.2) is 9.84 Å². The molecule has 0 saturated carbocycles. The first-order chi connectivity index (χ1) is 9.29. The molecule has 6 heteroatoms. The van der Waals surface area contributed by atoms with E-state index in [1.165, 1.54) is 24.3 Å². The Labute approximate surface area is 124 Å². The van der Waals surface area contributed by atoms with E-state index in [4.69, 9.17) is 0 Å². The summed E-state index contributed by atoms with van der Waals surface area (Å²) < 4.78 is 49.3. The van der Waals surface area contributed by atoms with Crippen LogP contribution in [0.15, 0.2) is 47.4 Å². The predicted molar refractivity (Wildman–Crippen MR) is 76.7 cm³/mol. The predicted octanol–water partition coefficient (Wildman–Crippen LogP) is 3.85. The molecule has 0 aliphatic heterocycles. The molecule has 0 radical (unpaired) electrons. The van der Waals surface area contributed by atoms with Gasteiger partial charge in [-0.25, -0.2) is 17.2 Å². The molecule has 1 atom stereocenters. The van der Waals surface area contributed by atoms with Gasteiger partial charge in [0, 0.05) is 17.9 Å². The minimum atomic E-state index is -3.26. The van der Waals surface area contributed by atoms with Gasteiger partial charge in [0.1, 0.15) is 11.6 Å². The summed E-state index contributed by atoms with van der Waals surface area (Å²) >= 11 is 3.33. The van der Waals surface area contributed by atoms with Crippen molar-refractivity contribution in [2.45, 2.75) is 9.72 Å². The summed E-state index contributed by atoms with van der Waals surface area (Å²) in [7, 11) is -3.26. The molecule has 2 aromatic rings. The maximum absolute atomic E-state index is 13.7. The summed E-state index contributed by atoms with van der Waals surface area (Å²) in [5, 5.41) is 0. The van der Waals surface area contributed by atoms with Gasteiger partial charge in [-0.1, -0.05) is 34.1 Å². The van der Waals surface area contributed by atoms with Crippen molar-refractivity contribution in [2.24, 2.45) is 0 Å². The third-order valence-corrected chi connectivity index (χ3v) is 4.99. The first-order valence-corrected chi connectivity index (χ1v) is 8.49. The van der Waals surface area contributed by atoms with Crippen molar-refractivity contribution in [1.82, 2.24) is 0 Å². The molecule has 106 valence electrons. The van der Waals surface area contributed by atoms with Crippen LogP contribution in [0.5, 0.6) is 0 Å². The molecule has 0 bridgehead atoms. The van der Waals surface area contributed by atoms with E-state index in [9.17, 15) is 17.2 Å². The number of rotatable bonds is 3. The van der Waals surface area contributed by atoms with Gasteiger partial charge in [0.05, 0.1) is 9.72 Å². The monoisotopic (exact) mass is 360 g/mol. The minimum Gasteiger partial charge on any atom is -0.224 e. The van der Waals surface area contributed by atoms with Crippen molar-refractivity contribution in [1.29, 1.82) is 0 Å². The molecule has 0 saturated heterocycles. The van der Waals surface area contributed by atoms with Crippen LogP contribution in [0.4, 0.5) is 8.78 Å². The summed E-state index contributed by atoms with van der Waals surface area (Å²) in [5.41, 5.74) is 0.974. The quantitative estimate of drug-likeness (QED) is 0.779. The van der Waals surface area contributed by atoms with Gasteiger partial charge < -0.3 is 0 Å². The van der Waals surface area contributed by atoms with Crippen molar-refractivity contribution in [3.05, 3.63) is 65.2 Å². The highest BCUT2D eigenvalue weighted by Crippen LogP contribution is 2.33. The molecule has 0 fully saturated rings. The number of halogens is 3. The molecule has 0 spiro atoms. The zero-order chi connectivity index (χ0) is 14.9. The van der Waals surface area contributed by atoms with Crippen LogP contribution in [-0.4, -0.2) is 14.7 Å². The Balaban J connectivity index is 2.36. The molecular weight excluding hydrogens is 350 g/mol. The molecule has 0 aromatic heterocycles. The van der Waals surface area contributed by atoms with E-state index in [1.54, 1.807) is 12.1 Å². The molecule has 0 aliphatic carbocycles. The average molecular weight is 361 g/mol. The molecule has 20 heavy (non-hydrogen) atoms. The second-order valence-electron chi connectivity index (χ2n) is 4.37. The van der Waals surface area contributed by atoms with Crippen LogP contribution in [-0.2, 0) is 9.84 Å². The van der Waals surface area contributed by atoms with Crippen LogP contribution in [0.25, 0.3) is 0 Å². The van der Waals surface area contributed by atoms with Gasteiger partial charge in [-0.15, -0.1) is 0 Å². The number of hydrogen-bond acceptors (Lipinski definition) is 2. The third-order valence-electron chi connectivity index (χ3n) is 2.84. The average Bonchev–Trinajstić information content (AvgIpc) is 2.37. The lowest BCUT2D eigenvalue weighted by molar-refractivity contribution is 0.574. The number of alkyl halides is 1. The minimum absolute atomic E-state index is 0.195. The van der Waals surface area contributed by atoms with Gasteiger partial charge in [-0.3, -0.25) is 0 Å². The summed E-state index contributed by atoms with van der Waals surface area (Å²) in [6, 6.07) is 9.46. The van der Waals surface area contributed by atoms with E-state index in [2.05, 4.69) is 15.9 Å². The van der Waals surface area contributed by atoms with Crippen molar-refractivity contribution in [2.75, 3.05) is 6.26 Å². The van der Waals surface area contributed by atoms with Gasteiger partial charge in [-0.05, 0) is 23.8 Å². The zero-order valence-electron chi connectivity index (χ0n) is 10.5. The Bertz CT molecular complexity index is 727. The summed E-state index contributed by atoms with van der Waals surface area (Å²) in [4.78, 5) is -0.280. The van der Waals surface area contributed by atoms with Crippen LogP contribution in [0.3, 0.4) is 0 Å². The normalized spacial score (nSPS) is 13.2. The van der Waals surface area contributed by atoms with E-state index in [0.29, 0.717) is 11.1 Å². The molecule has 2 rings (SSSR count). The molecular formula is C14H11BrF2O2S. The van der Waals surface area contributed by atoms with Crippen molar-refractivity contribution in [3.63, 3.8) is 0 Å². The van der Waals surface area contributed by atoms with Gasteiger partial charge in [0.25, 0.3) is 0 Å². The van der Waals surface area contributed by atoms with Crippen molar-refractivity contribution >= 4 is 25.8 Å². The number of hydrogen-bond donors (Lipinski definition) is 0. The second kappa shape index (κ2) is 5.61. The highest BCUT2D eigenvalue weighted by molar-refractivity contribution is 9.09. The zero-order valence-corrected chi connectivity index (χ0v) is 12.9. The standard InChI is InChI=1S/C14H11BrF2O2S/c1-20(18,19)11-5-2-9(3-6-11)14(15)12-7-4-10(16)8-13(12)17/h2-8,14H,1H3. The Kier molecular flexibility index (Phi) is 4.25. The van der Waals surface area contributed by atoms with E-state index < -0.39 is 26.3 Å². The van der Waals surface area contributed by atoms with Gasteiger partial charge >= 0.3 is 0 Å². The Morgan fingerprint density at radius 2 is 1.65 bits per heavy atom. The van der Waals surface area contributed by atoms with Crippen LogP contribution in [0.1, 0.15) is 16.0 Å². The molecule has 0 amide bonds. The van der Waals surface area contributed by atoms with Gasteiger partial charge in [0.2, 0.25) is 0 Å². The van der Waals surface area contributed by atoms with Crippen LogP contribution >= 0.6 is 15.9 Å². The number of benzene rings is 2. The van der Waals surface area contributed by atoms with Crippen molar-refractivity contribution < 1.29 is 17.2 Å². The lowest BCUT2D eigenvalue weighted by Gasteiger charge is -2.12. The first-order valence-electron chi connectivity index (χ1n) is 5.68. The first kappa shape index (κ1) is 15.1. The summed E-state index contributed by atoms with van der Waals surface area (Å²) in [5.74, 6) is -1.29. The Morgan fingerprint density at radius 1 is 1.05 bits per heavy atom. The number of sulfone groups is 1. The summed E-state index contributed by atoms with van der Waals surface area (Å²) in [6.45, 7) is 0. The van der Waals surface area contributed by atoms with E-state index in [-0.39, 0.29) is 4.90 Å². The summed E-state index contributed by atoms with van der Waals surface area (Å²) in [6.07, 6.45) is 1.12. The molecule has 1 unspecified atom stereocenters. The SMILES string of the molecule is CS(=O)(=O)c1ccc(C(Br)c2ccc(F)cc2F)cc1. The van der Waals surface area contributed by atoms with Crippen LogP contribution < -0.4 is 0 Å². The molecule has 0 heterocycles. The lowest BCUT2D eigenvalue weighted by atomic mass is 10.0. The Hall–Kier alpha value is -1.27. The molecule has 2 aromatic carbocycles. The highest BCUT2D eigenvalue weighted by Gasteiger charge is 2.16. The molecule has 2 nitrogen and oxygen atoms in total. The fraction of sp³-hybridized carbons (Fsp3) is 0.143. The van der Waals surface area contributed by atoms with E-state index in [1.807, 2.05) is 0 Å². The highest BCUT2D eigenvalue weighted by atomic mass is 79.9. The lowest BCUT2D eigenvalue weighted by Crippen LogP contribution is -2.00. The van der Waals surface area contributed by atoms with E-state index in [0.717, 1.165) is 12.3 Å². The smallest absolute Gasteiger partial charge is 0.175 e. The fourth-order valence-corrected chi connectivity index (χ4v) is 3.08. The van der Waals surface area contributed by atoms with Crippen molar-refractivity contribution in [3.8, 4) is 0 Å². The Morgan fingerprint density at radius 3 is 2.15 bits per heavy atom. The molecule has 0 aliphatic rings. The van der Waals surface area contributed by atoms with Gasteiger partial charge in [-0.2, -0.15) is 0 Å². The van der Waals surface area contributed by atoms with Crippen LogP contribution in [0, 0.1) is 11.6 Å². The maximum Gasteiger partial charge on any atom is 0.175 e. The van der Waals surface area contributed by atoms with E-state index >= 15 is 0 Å². The topological polar surface area (TPSA) is 34.1 Å². The largest absolute Gasteiger partial charge is 0.224 e. The third kappa shape index (κ3) is 3.24. The van der Waals surface area contributed by atoms with Crippen LogP contribution in [0.2, 0.25) is 0 Å².